The molecule has 0 fully saturated rings. The molecule has 2 N–H and O–H groups in total. The van der Waals surface area contributed by atoms with E-state index in [4.69, 9.17) is 5.11 Å². The first-order chi connectivity index (χ1) is 5.81. The molecule has 0 rings (SSSR count). The molecule has 0 aromatic heterocycles. The fourth-order valence-electron chi connectivity index (χ4n) is 0.741. The molecule has 0 atom stereocenters. The van der Waals surface area contributed by atoms with Gasteiger partial charge in [-0.3, -0.25) is 4.79 Å². The quantitative estimate of drug-likeness (QED) is 0.416. The van der Waals surface area contributed by atoms with Crippen LogP contribution in [0.15, 0.2) is 0 Å². The number of aldehydes is 1. The average Bonchev–Trinajstić information content (AvgIpc) is 2.09. The molecule has 0 aliphatic heterocycles. The molecule has 12 heavy (non-hydrogen) atoms. The van der Waals surface area contributed by atoms with E-state index in [2.05, 4.69) is 5.32 Å². The molecular formula is C8H15NO3. The number of rotatable bonds is 7. The molecule has 4 nitrogen and oxygen atoms in total. The van der Waals surface area contributed by atoms with Crippen molar-refractivity contribution in [3.05, 3.63) is 0 Å². The lowest BCUT2D eigenvalue weighted by Crippen LogP contribution is -2.24. The van der Waals surface area contributed by atoms with Gasteiger partial charge in [0.15, 0.2) is 0 Å². The molecule has 0 aliphatic carbocycles. The molecule has 0 saturated heterocycles. The van der Waals surface area contributed by atoms with Crippen LogP contribution in [0.3, 0.4) is 0 Å². The van der Waals surface area contributed by atoms with Gasteiger partial charge in [-0.25, -0.2) is 0 Å². The van der Waals surface area contributed by atoms with Gasteiger partial charge in [-0.2, -0.15) is 0 Å². The molecule has 4 heteroatoms. The molecule has 1 amide bonds. The highest BCUT2D eigenvalue weighted by Gasteiger charge is 1.98. The molecule has 0 unspecified atom stereocenters. The predicted molar refractivity (Wildman–Crippen MR) is 44.6 cm³/mol. The first-order valence-electron chi connectivity index (χ1n) is 4.12. The highest BCUT2D eigenvalue weighted by atomic mass is 16.3. The average molecular weight is 173 g/mol. The molecule has 0 spiro atoms. The van der Waals surface area contributed by atoms with Crippen molar-refractivity contribution in [3.63, 3.8) is 0 Å². The molecule has 0 heterocycles. The third-order valence-electron chi connectivity index (χ3n) is 1.38. The summed E-state index contributed by atoms with van der Waals surface area (Å²) < 4.78 is 0. The topological polar surface area (TPSA) is 66.4 Å². The first kappa shape index (κ1) is 11.1. The van der Waals surface area contributed by atoms with Crippen molar-refractivity contribution in [2.45, 2.75) is 25.7 Å². The summed E-state index contributed by atoms with van der Waals surface area (Å²) in [7, 11) is 0. The molecular weight excluding hydrogens is 158 g/mol. The van der Waals surface area contributed by atoms with Crippen LogP contribution in [0.5, 0.6) is 0 Å². The van der Waals surface area contributed by atoms with Gasteiger partial charge >= 0.3 is 0 Å². The van der Waals surface area contributed by atoms with Crippen LogP contribution in [0.25, 0.3) is 0 Å². The van der Waals surface area contributed by atoms with Crippen LogP contribution in [-0.4, -0.2) is 30.5 Å². The van der Waals surface area contributed by atoms with Gasteiger partial charge in [0.2, 0.25) is 5.91 Å². The third-order valence-corrected chi connectivity index (χ3v) is 1.38. The lowest BCUT2D eigenvalue weighted by atomic mass is 10.3. The normalized spacial score (nSPS) is 9.42. The lowest BCUT2D eigenvalue weighted by molar-refractivity contribution is -0.121. The van der Waals surface area contributed by atoms with Gasteiger partial charge in [0, 0.05) is 26.0 Å². The Labute approximate surface area is 72.0 Å². The van der Waals surface area contributed by atoms with E-state index in [-0.39, 0.29) is 12.5 Å². The third kappa shape index (κ3) is 7.21. The number of nitrogens with one attached hydrogen (secondary N) is 1. The Morgan fingerprint density at radius 3 is 2.75 bits per heavy atom. The van der Waals surface area contributed by atoms with Gasteiger partial charge in [-0.15, -0.1) is 0 Å². The number of amides is 1. The van der Waals surface area contributed by atoms with Crippen molar-refractivity contribution < 1.29 is 14.7 Å². The second-order valence-corrected chi connectivity index (χ2v) is 2.49. The fourth-order valence-corrected chi connectivity index (χ4v) is 0.741. The van der Waals surface area contributed by atoms with Gasteiger partial charge in [0.05, 0.1) is 0 Å². The van der Waals surface area contributed by atoms with Gasteiger partial charge < -0.3 is 15.2 Å². The summed E-state index contributed by atoms with van der Waals surface area (Å²) >= 11 is 0. The smallest absolute Gasteiger partial charge is 0.220 e. The first-order valence-corrected chi connectivity index (χ1v) is 4.12. The van der Waals surface area contributed by atoms with Crippen molar-refractivity contribution in [2.75, 3.05) is 13.2 Å². The van der Waals surface area contributed by atoms with Crippen LogP contribution in [0, 0.1) is 0 Å². The summed E-state index contributed by atoms with van der Waals surface area (Å²) in [6, 6.07) is 0. The van der Waals surface area contributed by atoms with Crippen molar-refractivity contribution >= 4 is 12.2 Å². The van der Waals surface area contributed by atoms with E-state index in [1.165, 1.54) is 0 Å². The fraction of sp³-hybridized carbons (Fsp3) is 0.750. The minimum absolute atomic E-state index is 0.0434. The van der Waals surface area contributed by atoms with E-state index >= 15 is 0 Å². The van der Waals surface area contributed by atoms with E-state index in [0.717, 1.165) is 6.29 Å². The summed E-state index contributed by atoms with van der Waals surface area (Å²) in [6.45, 7) is 0.588. The number of carbonyl (C=O) groups excluding carboxylic acids is 2. The van der Waals surface area contributed by atoms with Crippen LogP contribution in [-0.2, 0) is 9.59 Å². The lowest BCUT2D eigenvalue weighted by Gasteiger charge is -2.01. The van der Waals surface area contributed by atoms with Crippen LogP contribution >= 0.6 is 0 Å². The SMILES string of the molecule is O=CCCCNC(=O)CCCO. The number of hydrogen-bond acceptors (Lipinski definition) is 3. The molecule has 0 bridgehead atoms. The second-order valence-electron chi connectivity index (χ2n) is 2.49. The number of unbranched alkanes of at least 4 members (excludes halogenated alkanes) is 1. The van der Waals surface area contributed by atoms with Crippen molar-refractivity contribution in [1.82, 2.24) is 5.32 Å². The van der Waals surface area contributed by atoms with Gasteiger partial charge in [0.1, 0.15) is 6.29 Å². The van der Waals surface area contributed by atoms with Gasteiger partial charge in [-0.05, 0) is 12.8 Å². The van der Waals surface area contributed by atoms with E-state index in [9.17, 15) is 9.59 Å². The molecule has 0 saturated carbocycles. The highest BCUT2D eigenvalue weighted by Crippen LogP contribution is 1.87. The Bertz CT molecular complexity index is 136. The number of hydrogen-bond donors (Lipinski definition) is 2. The van der Waals surface area contributed by atoms with Crippen molar-refractivity contribution in [2.24, 2.45) is 0 Å². The molecule has 0 aliphatic rings. The number of aliphatic hydroxyl groups excluding tert-OH is 1. The van der Waals surface area contributed by atoms with Crippen molar-refractivity contribution in [1.29, 1.82) is 0 Å². The number of aliphatic hydroxyl groups is 1. The molecule has 0 aromatic carbocycles. The Hall–Kier alpha value is -0.900. The Kier molecular flexibility index (Phi) is 7.58. The Morgan fingerprint density at radius 2 is 2.17 bits per heavy atom. The zero-order chi connectivity index (χ0) is 9.23. The summed E-state index contributed by atoms with van der Waals surface area (Å²) in [5.74, 6) is -0.0602. The Morgan fingerprint density at radius 1 is 1.42 bits per heavy atom. The zero-order valence-electron chi connectivity index (χ0n) is 7.08. The predicted octanol–water partition coefficient (Wildman–Crippen LogP) is -0.146. The summed E-state index contributed by atoms with van der Waals surface area (Å²) in [6.07, 6.45) is 2.87. The van der Waals surface area contributed by atoms with Crippen LogP contribution in [0.2, 0.25) is 0 Å². The zero-order valence-corrected chi connectivity index (χ0v) is 7.08. The molecule has 0 aromatic rings. The summed E-state index contributed by atoms with van der Waals surface area (Å²) in [5, 5.41) is 11.0. The maximum absolute atomic E-state index is 10.9. The minimum Gasteiger partial charge on any atom is -0.396 e. The molecule has 70 valence electrons. The van der Waals surface area contributed by atoms with E-state index in [1.807, 2.05) is 0 Å². The minimum atomic E-state index is -0.0602. The van der Waals surface area contributed by atoms with E-state index < -0.39 is 0 Å². The summed E-state index contributed by atoms with van der Waals surface area (Å²) in [4.78, 5) is 20.7. The van der Waals surface area contributed by atoms with E-state index in [1.54, 1.807) is 0 Å². The van der Waals surface area contributed by atoms with Gasteiger partial charge in [-0.1, -0.05) is 0 Å². The van der Waals surface area contributed by atoms with Crippen molar-refractivity contribution in [3.8, 4) is 0 Å². The largest absolute Gasteiger partial charge is 0.396 e. The Balaban J connectivity index is 3.13. The van der Waals surface area contributed by atoms with Crippen LogP contribution in [0.4, 0.5) is 0 Å². The second kappa shape index (κ2) is 8.20. The monoisotopic (exact) mass is 173 g/mol. The number of carbonyl (C=O) groups is 2. The van der Waals surface area contributed by atoms with E-state index in [0.29, 0.717) is 32.2 Å². The van der Waals surface area contributed by atoms with Crippen LogP contribution in [0.1, 0.15) is 25.7 Å². The maximum Gasteiger partial charge on any atom is 0.220 e. The summed E-state index contributed by atoms with van der Waals surface area (Å²) in [5.41, 5.74) is 0. The maximum atomic E-state index is 10.9. The molecule has 0 radical (unpaired) electrons. The van der Waals surface area contributed by atoms with Gasteiger partial charge in [0.25, 0.3) is 0 Å². The highest BCUT2D eigenvalue weighted by molar-refractivity contribution is 5.75. The van der Waals surface area contributed by atoms with Crippen LogP contribution < -0.4 is 5.32 Å². The standard InChI is InChI=1S/C8H15NO3/c10-6-2-1-5-9-8(12)4-3-7-11/h6,11H,1-5,7H2,(H,9,12).